The minimum atomic E-state index is -0.701. The second kappa shape index (κ2) is 7.74. The second-order valence-corrected chi connectivity index (χ2v) is 7.47. The number of nitrogen functional groups attached to an aromatic ring is 1. The molecule has 7 heteroatoms. The van der Waals surface area contributed by atoms with Crippen LogP contribution in [0.5, 0.6) is 5.75 Å². The Bertz CT molecular complexity index is 984. The number of pyridine rings is 1. The lowest BCUT2D eigenvalue weighted by molar-refractivity contribution is -0.154. The number of ether oxygens (including phenoxy) is 1. The van der Waals surface area contributed by atoms with Crippen LogP contribution < -0.4 is 21.5 Å². The highest BCUT2D eigenvalue weighted by Crippen LogP contribution is 2.33. The molecule has 0 saturated heterocycles. The van der Waals surface area contributed by atoms with Crippen LogP contribution in [0.4, 0.5) is 11.4 Å². The summed E-state index contributed by atoms with van der Waals surface area (Å²) in [5.41, 5.74) is 7.70. The molecule has 0 atom stereocenters. The van der Waals surface area contributed by atoms with Crippen molar-refractivity contribution < 1.29 is 14.4 Å². The minimum absolute atomic E-state index is 0.301. The summed E-state index contributed by atoms with van der Waals surface area (Å²) in [7, 11) is 0. The molecule has 0 aliphatic carbocycles. The Morgan fingerprint density at radius 2 is 1.86 bits per heavy atom. The smallest absolute Gasteiger partial charge is 0.339 e. The third-order valence-corrected chi connectivity index (χ3v) is 4.10. The molecule has 28 heavy (non-hydrogen) atoms. The fourth-order valence-electron chi connectivity index (χ4n) is 2.52. The van der Waals surface area contributed by atoms with Crippen molar-refractivity contribution in [2.45, 2.75) is 27.4 Å². The number of nitrogens with zero attached hydrogens (tertiary/aromatic N) is 2. The highest BCUT2D eigenvalue weighted by Gasteiger charge is 2.27. The first-order valence-corrected chi connectivity index (χ1v) is 8.88. The van der Waals surface area contributed by atoms with Gasteiger partial charge < -0.3 is 15.3 Å². The van der Waals surface area contributed by atoms with Crippen LogP contribution in [0.25, 0.3) is 10.9 Å². The molecular formula is C21H24N4O3. The molecule has 0 amide bonds. The van der Waals surface area contributed by atoms with Crippen molar-refractivity contribution in [3.63, 3.8) is 0 Å². The number of rotatable bonds is 5. The van der Waals surface area contributed by atoms with Crippen molar-refractivity contribution in [3.8, 4) is 5.75 Å². The Morgan fingerprint density at radius 1 is 1.14 bits per heavy atom. The molecule has 0 aliphatic heterocycles. The van der Waals surface area contributed by atoms with Crippen LogP contribution >= 0.6 is 0 Å². The Morgan fingerprint density at radius 3 is 2.54 bits per heavy atom. The lowest BCUT2D eigenvalue weighted by atomic mass is 9.98. The Kier molecular flexibility index (Phi) is 5.37. The first-order valence-electron chi connectivity index (χ1n) is 8.88. The molecule has 0 unspecified atom stereocenters. The lowest BCUT2D eigenvalue weighted by Crippen LogP contribution is -2.38. The van der Waals surface area contributed by atoms with Crippen LogP contribution in [0, 0.1) is 5.41 Å². The SMILES string of the molecule is CC(C)(C)C(=O)ON(N)c1c(N)cnc2cc(OCc3ccccc3)ccc12. The summed E-state index contributed by atoms with van der Waals surface area (Å²) in [6.07, 6.45) is 1.48. The molecule has 4 N–H and O–H groups in total. The quantitative estimate of drug-likeness (QED) is 0.515. The van der Waals surface area contributed by atoms with Gasteiger partial charge in [-0.25, -0.2) is 10.6 Å². The molecule has 146 valence electrons. The van der Waals surface area contributed by atoms with E-state index >= 15 is 0 Å². The van der Waals surface area contributed by atoms with Crippen molar-refractivity contribution in [1.82, 2.24) is 4.98 Å². The zero-order valence-electron chi connectivity index (χ0n) is 16.2. The predicted octanol–water partition coefficient (Wildman–Crippen LogP) is 3.58. The van der Waals surface area contributed by atoms with E-state index in [-0.39, 0.29) is 0 Å². The van der Waals surface area contributed by atoms with Gasteiger partial charge in [-0.2, -0.15) is 0 Å². The average Bonchev–Trinajstić information content (AvgIpc) is 2.66. The van der Waals surface area contributed by atoms with Gasteiger partial charge in [-0.1, -0.05) is 30.3 Å². The van der Waals surface area contributed by atoms with E-state index in [0.29, 0.717) is 34.6 Å². The maximum atomic E-state index is 12.1. The number of nitrogens with two attached hydrogens (primary N) is 2. The van der Waals surface area contributed by atoms with Gasteiger partial charge in [0.05, 0.1) is 22.8 Å². The molecule has 0 aliphatic rings. The maximum absolute atomic E-state index is 12.1. The highest BCUT2D eigenvalue weighted by atomic mass is 16.7. The monoisotopic (exact) mass is 380 g/mol. The van der Waals surface area contributed by atoms with Crippen LogP contribution in [-0.2, 0) is 16.2 Å². The lowest BCUT2D eigenvalue weighted by Gasteiger charge is -2.24. The van der Waals surface area contributed by atoms with Crippen molar-refractivity contribution in [2.75, 3.05) is 10.9 Å². The fraction of sp³-hybridized carbons (Fsp3) is 0.238. The standard InChI is InChI=1S/C21H24N4O3/c1-21(2,3)20(26)28-25(23)19-16-10-9-15(11-18(16)24-12-17(19)22)27-13-14-7-5-4-6-8-14/h4-12H,13,22-23H2,1-3H3. The highest BCUT2D eigenvalue weighted by molar-refractivity contribution is 5.97. The van der Waals surface area contributed by atoms with E-state index < -0.39 is 11.4 Å². The summed E-state index contributed by atoms with van der Waals surface area (Å²) in [4.78, 5) is 21.7. The van der Waals surface area contributed by atoms with Gasteiger partial charge in [-0.15, -0.1) is 5.17 Å². The van der Waals surface area contributed by atoms with E-state index in [1.807, 2.05) is 30.3 Å². The summed E-state index contributed by atoms with van der Waals surface area (Å²) >= 11 is 0. The molecule has 0 fully saturated rings. The summed E-state index contributed by atoms with van der Waals surface area (Å²) in [5.74, 6) is 6.18. The zero-order valence-corrected chi connectivity index (χ0v) is 16.2. The molecule has 0 radical (unpaired) electrons. The van der Waals surface area contributed by atoms with Crippen molar-refractivity contribution in [3.05, 3.63) is 60.3 Å². The minimum Gasteiger partial charge on any atom is -0.489 e. The van der Waals surface area contributed by atoms with E-state index in [1.165, 1.54) is 6.20 Å². The number of hydrogen-bond acceptors (Lipinski definition) is 7. The van der Waals surface area contributed by atoms with E-state index in [0.717, 1.165) is 10.7 Å². The molecule has 1 heterocycles. The van der Waals surface area contributed by atoms with E-state index in [2.05, 4.69) is 4.98 Å². The molecule has 3 aromatic rings. The first-order chi connectivity index (χ1) is 13.3. The number of anilines is 2. The normalized spacial score (nSPS) is 11.3. The van der Waals surface area contributed by atoms with Gasteiger partial charge in [0.15, 0.2) is 0 Å². The van der Waals surface area contributed by atoms with Gasteiger partial charge in [0.1, 0.15) is 18.0 Å². The molecule has 2 aromatic carbocycles. The number of hydrazine groups is 1. The van der Waals surface area contributed by atoms with Gasteiger partial charge >= 0.3 is 5.97 Å². The number of carbonyl (C=O) groups excluding carboxylic acids is 1. The molecule has 0 bridgehead atoms. The summed E-state index contributed by atoms with van der Waals surface area (Å²) in [6.45, 7) is 5.68. The van der Waals surface area contributed by atoms with Crippen molar-refractivity contribution in [1.29, 1.82) is 0 Å². The predicted molar refractivity (Wildman–Crippen MR) is 109 cm³/mol. The van der Waals surface area contributed by atoms with Gasteiger partial charge in [0, 0.05) is 11.5 Å². The number of benzene rings is 2. The number of fused-ring (bicyclic) bond motifs is 1. The van der Waals surface area contributed by atoms with Crippen molar-refractivity contribution in [2.24, 2.45) is 11.3 Å². The topological polar surface area (TPSA) is 104 Å². The second-order valence-electron chi connectivity index (χ2n) is 7.47. The summed E-state index contributed by atoms with van der Waals surface area (Å²) < 4.78 is 5.84. The van der Waals surface area contributed by atoms with Crippen LogP contribution in [0.15, 0.2) is 54.7 Å². The van der Waals surface area contributed by atoms with Crippen LogP contribution in [0.3, 0.4) is 0 Å². The molecule has 0 spiro atoms. The Hall–Kier alpha value is -3.32. The maximum Gasteiger partial charge on any atom is 0.339 e. The van der Waals surface area contributed by atoms with Crippen molar-refractivity contribution >= 4 is 28.2 Å². The summed E-state index contributed by atoms with van der Waals surface area (Å²) in [6, 6.07) is 15.3. The van der Waals surface area contributed by atoms with Gasteiger partial charge in [0.25, 0.3) is 0 Å². The number of aromatic nitrogens is 1. The largest absolute Gasteiger partial charge is 0.489 e. The number of carbonyl (C=O) groups is 1. The molecule has 0 saturated carbocycles. The van der Waals surface area contributed by atoms with Gasteiger partial charge in [0.2, 0.25) is 0 Å². The summed E-state index contributed by atoms with van der Waals surface area (Å²) in [5, 5.41) is 1.55. The zero-order chi connectivity index (χ0) is 20.3. The van der Waals surface area contributed by atoms with Crippen LogP contribution in [0.2, 0.25) is 0 Å². The van der Waals surface area contributed by atoms with E-state index in [1.54, 1.807) is 39.0 Å². The Labute approximate surface area is 163 Å². The third-order valence-electron chi connectivity index (χ3n) is 4.10. The third kappa shape index (κ3) is 4.32. The number of hydrogen-bond donors (Lipinski definition) is 2. The van der Waals surface area contributed by atoms with Gasteiger partial charge in [-0.3, -0.25) is 4.98 Å². The molecular weight excluding hydrogens is 356 g/mol. The Balaban J connectivity index is 1.85. The molecule has 3 rings (SSSR count). The average molecular weight is 380 g/mol. The van der Waals surface area contributed by atoms with E-state index in [4.69, 9.17) is 21.2 Å². The van der Waals surface area contributed by atoms with Gasteiger partial charge in [-0.05, 0) is 38.5 Å². The fourth-order valence-corrected chi connectivity index (χ4v) is 2.52. The van der Waals surface area contributed by atoms with E-state index in [9.17, 15) is 4.79 Å². The first kappa shape index (κ1) is 19.4. The molecule has 7 nitrogen and oxygen atoms in total. The van der Waals surface area contributed by atoms with Crippen LogP contribution in [-0.4, -0.2) is 11.0 Å². The molecule has 1 aromatic heterocycles. The van der Waals surface area contributed by atoms with Crippen LogP contribution in [0.1, 0.15) is 26.3 Å².